The van der Waals surface area contributed by atoms with E-state index in [1.165, 1.54) is 6.33 Å². The number of nitrogen functional groups attached to an aromatic ring is 1. The molecule has 1 saturated carbocycles. The summed E-state index contributed by atoms with van der Waals surface area (Å²) in [6, 6.07) is 18.9. The number of benzene rings is 2. The van der Waals surface area contributed by atoms with E-state index in [1.54, 1.807) is 7.05 Å². The Morgan fingerprint density at radius 3 is 2.36 bits per heavy atom. The first-order valence-corrected chi connectivity index (χ1v) is 15.0. The molecule has 12 heteroatoms. The van der Waals surface area contributed by atoms with E-state index in [0.29, 0.717) is 17.2 Å². The summed E-state index contributed by atoms with van der Waals surface area (Å²) in [6.07, 6.45) is 4.76. The number of likely N-dealkylation sites (N-methyl/N-ethyl adjacent to an activating group) is 1. The van der Waals surface area contributed by atoms with Gasteiger partial charge in [0.1, 0.15) is 46.8 Å². The average Bonchev–Trinajstić information content (AvgIpc) is 3.66. The fourth-order valence-electron chi connectivity index (χ4n) is 5.70. The zero-order valence-corrected chi connectivity index (χ0v) is 26.7. The highest BCUT2D eigenvalue weighted by Crippen LogP contribution is 2.37. The molecule has 0 spiro atoms. The van der Waals surface area contributed by atoms with E-state index >= 15 is 0 Å². The van der Waals surface area contributed by atoms with Gasteiger partial charge in [0.05, 0.1) is 11.4 Å². The maximum atomic E-state index is 13.2. The molecule has 45 heavy (non-hydrogen) atoms. The highest BCUT2D eigenvalue weighted by Gasteiger charge is 2.31. The molecule has 236 valence electrons. The Balaban J connectivity index is 0.00000400. The Morgan fingerprint density at radius 1 is 1.02 bits per heavy atom. The van der Waals surface area contributed by atoms with E-state index in [1.807, 2.05) is 86.1 Å². The number of hydrogen-bond donors (Lipinski definition) is 3. The van der Waals surface area contributed by atoms with Crippen LogP contribution < -0.4 is 21.1 Å². The van der Waals surface area contributed by atoms with Crippen molar-refractivity contribution in [3.05, 3.63) is 78.4 Å². The summed E-state index contributed by atoms with van der Waals surface area (Å²) in [5, 5.41) is 16.2. The maximum absolute atomic E-state index is 13.2. The molecule has 3 aromatic heterocycles. The van der Waals surface area contributed by atoms with Gasteiger partial charge in [0.25, 0.3) is 0 Å². The number of fused-ring (bicyclic) bond motifs is 1. The fraction of sp³-hybridized carbons (Fsp3) is 0.364. The molecule has 4 N–H and O–H groups in total. The van der Waals surface area contributed by atoms with Gasteiger partial charge in [0.15, 0.2) is 5.65 Å². The van der Waals surface area contributed by atoms with Gasteiger partial charge in [-0.15, -0.1) is 12.4 Å². The second kappa shape index (κ2) is 13.3. The highest BCUT2D eigenvalue weighted by molar-refractivity contribution is 5.98. The van der Waals surface area contributed by atoms with Gasteiger partial charge in [-0.25, -0.2) is 14.6 Å². The number of hydrogen-bond acceptors (Lipinski definition) is 9. The zero-order chi connectivity index (χ0) is 30.8. The standard InChI is InChI=1S/C33H38N8O3.ClH/c1-33(2,3)26-18-25(40-44-26)29(35-4)32(42)38-21-12-14-22(15-13-21)41-31-27(30(34)36-19-37-31)28(39-41)20-10-16-24(17-11-20)43-23-8-6-5-7-9-23;/h5-11,16-19,21-22,29,35H,12-15H2,1-4H3,(H,38,42)(H2,34,36,37);1H/t21?,22?,29-;/m1./s1. The van der Waals surface area contributed by atoms with Crippen LogP contribution in [0.3, 0.4) is 0 Å². The fourth-order valence-corrected chi connectivity index (χ4v) is 5.70. The van der Waals surface area contributed by atoms with Crippen LogP contribution in [0.2, 0.25) is 0 Å². The number of nitrogens with two attached hydrogens (primary N) is 1. The van der Waals surface area contributed by atoms with Gasteiger partial charge in [0, 0.05) is 23.1 Å². The van der Waals surface area contributed by atoms with E-state index in [0.717, 1.165) is 59.6 Å². The molecule has 5 aromatic rings. The van der Waals surface area contributed by atoms with Gasteiger partial charge >= 0.3 is 0 Å². The third-order valence-corrected chi connectivity index (χ3v) is 8.13. The van der Waals surface area contributed by atoms with E-state index in [2.05, 4.69) is 25.8 Å². The largest absolute Gasteiger partial charge is 0.457 e. The summed E-state index contributed by atoms with van der Waals surface area (Å²) >= 11 is 0. The first-order chi connectivity index (χ1) is 21.2. The van der Waals surface area contributed by atoms with Crippen LogP contribution in [0.15, 0.2) is 71.5 Å². The molecule has 11 nitrogen and oxygen atoms in total. The SMILES string of the molecule is CN[C@@H](C(=O)NC1CCC(n2nc(-c3ccc(Oc4ccccc4)cc3)c3c(N)ncnc32)CC1)c1cc(C(C)(C)C)on1.Cl. The van der Waals surface area contributed by atoms with Crippen LogP contribution in [0.25, 0.3) is 22.3 Å². The minimum absolute atomic E-state index is 0. The van der Waals surface area contributed by atoms with E-state index in [-0.39, 0.29) is 35.8 Å². The lowest BCUT2D eigenvalue weighted by Gasteiger charge is -2.30. The quantitative estimate of drug-likeness (QED) is 0.184. The average molecular weight is 631 g/mol. The lowest BCUT2D eigenvalue weighted by atomic mass is 9.90. The van der Waals surface area contributed by atoms with Crippen LogP contribution >= 0.6 is 12.4 Å². The van der Waals surface area contributed by atoms with Crippen LogP contribution in [0, 0.1) is 0 Å². The van der Waals surface area contributed by atoms with Crippen molar-refractivity contribution >= 4 is 35.2 Å². The number of amides is 1. The van der Waals surface area contributed by atoms with Crippen LogP contribution in [0.5, 0.6) is 11.5 Å². The molecule has 1 amide bonds. The van der Waals surface area contributed by atoms with E-state index in [4.69, 9.17) is 20.1 Å². The molecule has 6 rings (SSSR count). The molecule has 0 unspecified atom stereocenters. The number of carbonyl (C=O) groups excluding carboxylic acids is 1. The summed E-state index contributed by atoms with van der Waals surface area (Å²) in [5.74, 6) is 2.52. The molecule has 0 aliphatic heterocycles. The van der Waals surface area contributed by atoms with Gasteiger partial charge in [-0.05, 0) is 69.1 Å². The molecule has 1 atom stereocenters. The molecule has 2 aromatic carbocycles. The number of halogens is 1. The number of aromatic nitrogens is 5. The number of anilines is 1. The van der Waals surface area contributed by atoms with Crippen molar-refractivity contribution in [2.45, 2.75) is 70.0 Å². The molecule has 0 saturated heterocycles. The molecule has 3 heterocycles. The first kappa shape index (κ1) is 31.9. The van der Waals surface area contributed by atoms with E-state index < -0.39 is 6.04 Å². The molecule has 1 aliphatic carbocycles. The van der Waals surface area contributed by atoms with Gasteiger partial charge in [0.2, 0.25) is 5.91 Å². The topological polar surface area (TPSA) is 146 Å². The molecular weight excluding hydrogens is 592 g/mol. The molecule has 1 fully saturated rings. The first-order valence-electron chi connectivity index (χ1n) is 15.0. The number of nitrogens with zero attached hydrogens (tertiary/aromatic N) is 5. The smallest absolute Gasteiger partial charge is 0.243 e. The number of carbonyl (C=O) groups is 1. The van der Waals surface area contributed by atoms with Crippen molar-refractivity contribution in [3.8, 4) is 22.8 Å². The number of nitrogens with one attached hydrogen (secondary N) is 2. The number of para-hydroxylation sites is 1. The second-order valence-electron chi connectivity index (χ2n) is 12.3. The maximum Gasteiger partial charge on any atom is 0.243 e. The van der Waals surface area contributed by atoms with Crippen molar-refractivity contribution in [2.24, 2.45) is 0 Å². The number of ether oxygens (including phenoxy) is 1. The van der Waals surface area contributed by atoms with Crippen LogP contribution in [0.1, 0.15) is 70.0 Å². The number of rotatable bonds is 8. The minimum atomic E-state index is -0.589. The lowest BCUT2D eigenvalue weighted by molar-refractivity contribution is -0.124. The van der Waals surface area contributed by atoms with Gasteiger partial charge in [-0.3, -0.25) is 4.79 Å². The van der Waals surface area contributed by atoms with Gasteiger partial charge in [-0.2, -0.15) is 5.10 Å². The Hall–Kier alpha value is -4.48. The zero-order valence-electron chi connectivity index (χ0n) is 25.9. The summed E-state index contributed by atoms with van der Waals surface area (Å²) in [6.45, 7) is 6.15. The van der Waals surface area contributed by atoms with Gasteiger partial charge in [-0.1, -0.05) is 44.1 Å². The molecule has 0 bridgehead atoms. The Bertz CT molecular complexity index is 1740. The van der Waals surface area contributed by atoms with Crippen LogP contribution in [-0.2, 0) is 10.2 Å². The lowest BCUT2D eigenvalue weighted by Crippen LogP contribution is -2.43. The van der Waals surface area contributed by atoms with Crippen LogP contribution in [-0.4, -0.2) is 43.9 Å². The molecule has 1 aliphatic rings. The van der Waals surface area contributed by atoms with Gasteiger partial charge < -0.3 is 25.6 Å². The highest BCUT2D eigenvalue weighted by atomic mass is 35.5. The third-order valence-electron chi connectivity index (χ3n) is 8.13. The summed E-state index contributed by atoms with van der Waals surface area (Å²) in [4.78, 5) is 22.1. The Labute approximate surface area is 268 Å². The van der Waals surface area contributed by atoms with Crippen molar-refractivity contribution < 1.29 is 14.1 Å². The third kappa shape index (κ3) is 6.79. The molecular formula is C33H39ClN8O3. The Morgan fingerprint density at radius 2 is 1.71 bits per heavy atom. The molecule has 0 radical (unpaired) electrons. The van der Waals surface area contributed by atoms with Crippen molar-refractivity contribution in [2.75, 3.05) is 12.8 Å². The second-order valence-corrected chi connectivity index (χ2v) is 12.3. The normalized spacial score (nSPS) is 17.4. The predicted molar refractivity (Wildman–Crippen MR) is 175 cm³/mol. The summed E-state index contributed by atoms with van der Waals surface area (Å²) in [7, 11) is 1.75. The predicted octanol–water partition coefficient (Wildman–Crippen LogP) is 6.14. The minimum Gasteiger partial charge on any atom is -0.457 e. The Kier molecular flexibility index (Phi) is 9.40. The summed E-state index contributed by atoms with van der Waals surface area (Å²) < 4.78 is 13.5. The van der Waals surface area contributed by atoms with Crippen LogP contribution in [0.4, 0.5) is 5.82 Å². The van der Waals surface area contributed by atoms with Crippen molar-refractivity contribution in [3.63, 3.8) is 0 Å². The van der Waals surface area contributed by atoms with Crippen molar-refractivity contribution in [1.82, 2.24) is 35.5 Å². The monoisotopic (exact) mass is 630 g/mol. The summed E-state index contributed by atoms with van der Waals surface area (Å²) in [5.41, 5.74) is 9.10. The van der Waals surface area contributed by atoms with Crippen molar-refractivity contribution in [1.29, 1.82) is 0 Å². The van der Waals surface area contributed by atoms with E-state index in [9.17, 15) is 4.79 Å².